The molecular weight excluding hydrogens is 358 g/mol. The lowest BCUT2D eigenvalue weighted by Gasteiger charge is -2.35. The number of ether oxygens (including phenoxy) is 1. The third-order valence-corrected chi connectivity index (χ3v) is 4.45. The van der Waals surface area contributed by atoms with Gasteiger partial charge in [-0.25, -0.2) is 4.79 Å². The summed E-state index contributed by atoms with van der Waals surface area (Å²) in [5.41, 5.74) is 2.07. The first-order valence-electron chi connectivity index (χ1n) is 9.04. The van der Waals surface area contributed by atoms with Gasteiger partial charge in [0.25, 0.3) is 5.91 Å². The minimum Gasteiger partial charge on any atom is -0.450 e. The molecular formula is C20H21N5O3. The van der Waals surface area contributed by atoms with Crippen LogP contribution in [0.1, 0.15) is 22.8 Å². The smallest absolute Gasteiger partial charge is 0.409 e. The average Bonchev–Trinajstić information content (AvgIpc) is 2.74. The maximum Gasteiger partial charge on any atom is 0.409 e. The molecule has 1 saturated heterocycles. The Hall–Kier alpha value is -3.60. The number of carbonyl (C=O) groups excluding carboxylic acids is 2. The van der Waals surface area contributed by atoms with Crippen molar-refractivity contribution in [3.63, 3.8) is 0 Å². The van der Waals surface area contributed by atoms with Gasteiger partial charge in [0.1, 0.15) is 6.07 Å². The number of pyridine rings is 1. The lowest BCUT2D eigenvalue weighted by Crippen LogP contribution is -2.49. The molecule has 0 spiro atoms. The van der Waals surface area contributed by atoms with Gasteiger partial charge in [-0.2, -0.15) is 5.26 Å². The van der Waals surface area contributed by atoms with Crippen LogP contribution in [-0.2, 0) is 4.74 Å². The maximum atomic E-state index is 12.6. The van der Waals surface area contributed by atoms with Crippen LogP contribution in [-0.4, -0.2) is 54.7 Å². The SMILES string of the molecule is CCOC(=O)N1CCN(c2cncc(C(=O)Nc3ccccc3C#N)c2)CC1. The van der Waals surface area contributed by atoms with Crippen molar-refractivity contribution in [3.8, 4) is 6.07 Å². The monoisotopic (exact) mass is 379 g/mol. The van der Waals surface area contributed by atoms with E-state index in [-0.39, 0.29) is 12.0 Å². The molecule has 28 heavy (non-hydrogen) atoms. The van der Waals surface area contributed by atoms with E-state index in [2.05, 4.69) is 21.3 Å². The number of amides is 2. The van der Waals surface area contributed by atoms with Crippen LogP contribution >= 0.6 is 0 Å². The van der Waals surface area contributed by atoms with Crippen LogP contribution in [0.2, 0.25) is 0 Å². The van der Waals surface area contributed by atoms with Crippen LogP contribution in [0.4, 0.5) is 16.2 Å². The van der Waals surface area contributed by atoms with Gasteiger partial charge in [0.15, 0.2) is 0 Å². The van der Waals surface area contributed by atoms with Gasteiger partial charge in [0, 0.05) is 32.4 Å². The number of nitrogens with zero attached hydrogens (tertiary/aromatic N) is 4. The molecule has 0 bridgehead atoms. The minimum absolute atomic E-state index is 0.301. The molecule has 2 heterocycles. The van der Waals surface area contributed by atoms with Gasteiger partial charge < -0.3 is 19.9 Å². The third kappa shape index (κ3) is 4.38. The molecule has 0 radical (unpaired) electrons. The van der Waals surface area contributed by atoms with E-state index in [1.807, 2.05) is 0 Å². The van der Waals surface area contributed by atoms with Gasteiger partial charge in [0.2, 0.25) is 0 Å². The second kappa shape index (κ2) is 8.86. The predicted molar refractivity (Wildman–Crippen MR) is 104 cm³/mol. The number of piperazine rings is 1. The van der Waals surface area contributed by atoms with Crippen molar-refractivity contribution in [2.24, 2.45) is 0 Å². The van der Waals surface area contributed by atoms with Crippen LogP contribution in [0.5, 0.6) is 0 Å². The third-order valence-electron chi connectivity index (χ3n) is 4.45. The zero-order valence-corrected chi connectivity index (χ0v) is 15.6. The predicted octanol–water partition coefficient (Wildman–Crippen LogP) is 2.48. The molecule has 0 unspecified atom stereocenters. The van der Waals surface area contributed by atoms with E-state index in [4.69, 9.17) is 10.00 Å². The number of anilines is 2. The quantitative estimate of drug-likeness (QED) is 0.876. The van der Waals surface area contributed by atoms with E-state index in [9.17, 15) is 9.59 Å². The molecule has 2 amide bonds. The fourth-order valence-corrected chi connectivity index (χ4v) is 2.97. The summed E-state index contributed by atoms with van der Waals surface area (Å²) in [7, 11) is 0. The second-order valence-electron chi connectivity index (χ2n) is 6.22. The first kappa shape index (κ1) is 19.2. The number of nitrogens with one attached hydrogen (secondary N) is 1. The van der Waals surface area contributed by atoms with Gasteiger partial charge in [-0.1, -0.05) is 12.1 Å². The first-order valence-corrected chi connectivity index (χ1v) is 9.04. The summed E-state index contributed by atoms with van der Waals surface area (Å²) in [5, 5.41) is 11.9. The van der Waals surface area contributed by atoms with Gasteiger partial charge in [-0.05, 0) is 25.1 Å². The second-order valence-corrected chi connectivity index (χ2v) is 6.22. The molecule has 1 aliphatic heterocycles. The topological polar surface area (TPSA) is 98.6 Å². The number of hydrogen-bond acceptors (Lipinski definition) is 6. The zero-order chi connectivity index (χ0) is 19.9. The van der Waals surface area contributed by atoms with Crippen LogP contribution in [0, 0.1) is 11.3 Å². The number of para-hydroxylation sites is 1. The molecule has 1 N–H and O–H groups in total. The Morgan fingerprint density at radius 2 is 1.96 bits per heavy atom. The molecule has 0 saturated carbocycles. The maximum absolute atomic E-state index is 12.6. The zero-order valence-electron chi connectivity index (χ0n) is 15.6. The van der Waals surface area contributed by atoms with Crippen LogP contribution in [0.25, 0.3) is 0 Å². The number of benzene rings is 1. The Morgan fingerprint density at radius 3 is 2.68 bits per heavy atom. The molecule has 8 nitrogen and oxygen atoms in total. The van der Waals surface area contributed by atoms with Gasteiger partial charge >= 0.3 is 6.09 Å². The summed E-state index contributed by atoms with van der Waals surface area (Å²) in [6, 6.07) is 10.6. The average molecular weight is 379 g/mol. The minimum atomic E-state index is -0.331. The fraction of sp³-hybridized carbons (Fsp3) is 0.300. The van der Waals surface area contributed by atoms with Crippen molar-refractivity contribution in [2.75, 3.05) is 43.0 Å². The molecule has 3 rings (SSSR count). The van der Waals surface area contributed by atoms with Crippen molar-refractivity contribution < 1.29 is 14.3 Å². The standard InChI is InChI=1S/C20H21N5O3/c1-2-28-20(27)25-9-7-24(8-10-25)17-11-16(13-22-14-17)19(26)23-18-6-4-3-5-15(18)12-21/h3-6,11,13-14H,2,7-10H2,1H3,(H,23,26). The molecule has 1 aromatic heterocycles. The van der Waals surface area contributed by atoms with E-state index in [0.717, 1.165) is 5.69 Å². The number of aromatic nitrogens is 1. The molecule has 8 heteroatoms. The fourth-order valence-electron chi connectivity index (χ4n) is 2.97. The van der Waals surface area contributed by atoms with Crippen molar-refractivity contribution in [3.05, 3.63) is 53.9 Å². The highest BCUT2D eigenvalue weighted by Gasteiger charge is 2.22. The summed E-state index contributed by atoms with van der Waals surface area (Å²) in [5.74, 6) is -0.331. The Labute approximate surface area is 163 Å². The van der Waals surface area contributed by atoms with E-state index in [1.165, 1.54) is 6.20 Å². The number of carbonyl (C=O) groups is 2. The first-order chi connectivity index (χ1) is 13.6. The summed E-state index contributed by atoms with van der Waals surface area (Å²) >= 11 is 0. The molecule has 144 valence electrons. The van der Waals surface area contributed by atoms with Crippen molar-refractivity contribution in [1.82, 2.24) is 9.88 Å². The van der Waals surface area contributed by atoms with Crippen LogP contribution in [0.3, 0.4) is 0 Å². The number of rotatable bonds is 4. The summed E-state index contributed by atoms with van der Waals surface area (Å²) in [4.78, 5) is 32.3. The molecule has 1 aromatic carbocycles. The highest BCUT2D eigenvalue weighted by atomic mass is 16.6. The number of nitriles is 1. The van der Waals surface area contributed by atoms with Crippen molar-refractivity contribution in [2.45, 2.75) is 6.92 Å². The molecule has 1 aliphatic rings. The number of hydrogen-bond donors (Lipinski definition) is 1. The molecule has 1 fully saturated rings. The highest BCUT2D eigenvalue weighted by Crippen LogP contribution is 2.19. The van der Waals surface area contributed by atoms with E-state index < -0.39 is 0 Å². The van der Waals surface area contributed by atoms with Crippen LogP contribution < -0.4 is 10.2 Å². The van der Waals surface area contributed by atoms with Gasteiger partial charge in [-0.3, -0.25) is 9.78 Å². The van der Waals surface area contributed by atoms with Crippen molar-refractivity contribution >= 4 is 23.4 Å². The normalized spacial score (nSPS) is 13.6. The van der Waals surface area contributed by atoms with Gasteiger partial charge in [0.05, 0.1) is 35.3 Å². The summed E-state index contributed by atoms with van der Waals surface area (Å²) in [6.07, 6.45) is 2.88. The van der Waals surface area contributed by atoms with E-state index >= 15 is 0 Å². The highest BCUT2D eigenvalue weighted by molar-refractivity contribution is 6.05. The Kier molecular flexibility index (Phi) is 6.07. The lowest BCUT2D eigenvalue weighted by atomic mass is 10.1. The Morgan fingerprint density at radius 1 is 1.21 bits per heavy atom. The Bertz CT molecular complexity index is 901. The summed E-state index contributed by atoms with van der Waals surface area (Å²) < 4.78 is 5.03. The van der Waals surface area contributed by atoms with E-state index in [0.29, 0.717) is 49.6 Å². The Balaban J connectivity index is 1.67. The molecule has 0 aliphatic carbocycles. The van der Waals surface area contributed by atoms with Crippen molar-refractivity contribution in [1.29, 1.82) is 5.26 Å². The summed E-state index contributed by atoms with van der Waals surface area (Å²) in [6.45, 7) is 4.49. The van der Waals surface area contributed by atoms with Gasteiger partial charge in [-0.15, -0.1) is 0 Å². The molecule has 2 aromatic rings. The lowest BCUT2D eigenvalue weighted by molar-refractivity contribution is 0.102. The molecule has 0 atom stereocenters. The van der Waals surface area contributed by atoms with Crippen LogP contribution in [0.15, 0.2) is 42.7 Å². The largest absolute Gasteiger partial charge is 0.450 e. The van der Waals surface area contributed by atoms with E-state index in [1.54, 1.807) is 48.4 Å².